The number of ether oxygens (including phenoxy) is 1. The minimum absolute atomic E-state index is 0.0524. The molecule has 0 fully saturated rings. The van der Waals surface area contributed by atoms with Crippen molar-refractivity contribution in [1.82, 2.24) is 9.88 Å². The maximum Gasteiger partial charge on any atom is 0.349 e. The van der Waals surface area contributed by atoms with Gasteiger partial charge in [0.2, 0.25) is 0 Å². The van der Waals surface area contributed by atoms with E-state index < -0.39 is 24.4 Å². The van der Waals surface area contributed by atoms with Gasteiger partial charge in [-0.05, 0) is 68.0 Å². The van der Waals surface area contributed by atoms with Gasteiger partial charge >= 0.3 is 5.97 Å². The zero-order valence-electron chi connectivity index (χ0n) is 17.2. The van der Waals surface area contributed by atoms with E-state index in [0.29, 0.717) is 5.56 Å². The Morgan fingerprint density at radius 1 is 1.22 bits per heavy atom. The van der Waals surface area contributed by atoms with Crippen molar-refractivity contribution in [3.63, 3.8) is 0 Å². The lowest BCUT2D eigenvalue weighted by atomic mass is 10.1. The van der Waals surface area contributed by atoms with Crippen molar-refractivity contribution in [2.45, 2.75) is 13.8 Å². The number of esters is 1. The second-order valence-electron chi connectivity index (χ2n) is 6.74. The van der Waals surface area contributed by atoms with Crippen LogP contribution in [0.25, 0.3) is 11.8 Å². The number of aryl methyl sites for hydroxylation is 1. The fourth-order valence-corrected chi connectivity index (χ4v) is 3.32. The molecule has 3 rings (SSSR count). The van der Waals surface area contributed by atoms with Crippen molar-refractivity contribution in [3.8, 4) is 11.8 Å². The van der Waals surface area contributed by atoms with Crippen LogP contribution < -0.4 is 5.32 Å². The third-order valence-electron chi connectivity index (χ3n) is 4.53. The number of aromatic nitrogens is 1. The largest absolute Gasteiger partial charge is 0.459 e. The van der Waals surface area contributed by atoms with Crippen molar-refractivity contribution in [2.75, 3.05) is 6.61 Å². The standard InChI is InChI=1S/C23H18BrN3O5/c1-14-10-16(15(2)27(14)19-7-5-18(24)6-8-19)11-17(12-25)23(30)32-13-21(28)26-22(29)20-4-3-9-31-20/h3-11H,13H2,1-2H3,(H,26,28,29)/b17-11+. The number of hydrogen-bond donors (Lipinski definition) is 1. The van der Waals surface area contributed by atoms with E-state index in [0.717, 1.165) is 21.5 Å². The molecule has 2 aromatic heterocycles. The second-order valence-corrected chi connectivity index (χ2v) is 7.65. The first-order valence-electron chi connectivity index (χ1n) is 9.41. The summed E-state index contributed by atoms with van der Waals surface area (Å²) < 4.78 is 12.7. The molecule has 0 saturated heterocycles. The number of nitrogens with one attached hydrogen (secondary N) is 1. The van der Waals surface area contributed by atoms with Crippen LogP contribution >= 0.6 is 15.9 Å². The molecule has 1 N–H and O–H groups in total. The summed E-state index contributed by atoms with van der Waals surface area (Å²) in [5, 5.41) is 11.4. The number of carbonyl (C=O) groups is 3. The van der Waals surface area contributed by atoms with Crippen molar-refractivity contribution in [2.24, 2.45) is 0 Å². The maximum atomic E-state index is 12.3. The summed E-state index contributed by atoms with van der Waals surface area (Å²) in [5.74, 6) is -2.62. The monoisotopic (exact) mass is 495 g/mol. The van der Waals surface area contributed by atoms with Crippen LogP contribution in [-0.2, 0) is 14.3 Å². The maximum absolute atomic E-state index is 12.3. The van der Waals surface area contributed by atoms with Crippen LogP contribution in [0.2, 0.25) is 0 Å². The van der Waals surface area contributed by atoms with E-state index in [2.05, 4.69) is 15.9 Å². The van der Waals surface area contributed by atoms with E-state index in [9.17, 15) is 19.6 Å². The lowest BCUT2D eigenvalue weighted by Crippen LogP contribution is -2.34. The molecular weight excluding hydrogens is 478 g/mol. The molecule has 9 heteroatoms. The van der Waals surface area contributed by atoms with E-state index in [4.69, 9.17) is 9.15 Å². The van der Waals surface area contributed by atoms with Crippen LogP contribution in [0.1, 0.15) is 27.5 Å². The fourth-order valence-electron chi connectivity index (χ4n) is 3.05. The molecule has 0 atom stereocenters. The predicted molar refractivity (Wildman–Crippen MR) is 119 cm³/mol. The van der Waals surface area contributed by atoms with E-state index in [1.807, 2.05) is 54.1 Å². The highest BCUT2D eigenvalue weighted by Crippen LogP contribution is 2.24. The minimum Gasteiger partial charge on any atom is -0.459 e. The Bertz CT molecular complexity index is 1230. The van der Waals surface area contributed by atoms with Crippen molar-refractivity contribution in [1.29, 1.82) is 5.26 Å². The van der Waals surface area contributed by atoms with Gasteiger partial charge in [0.25, 0.3) is 11.8 Å². The molecule has 3 aromatic rings. The van der Waals surface area contributed by atoms with Crippen LogP contribution in [0.5, 0.6) is 0 Å². The average molecular weight is 496 g/mol. The van der Waals surface area contributed by atoms with Gasteiger partial charge in [-0.1, -0.05) is 15.9 Å². The minimum atomic E-state index is -0.971. The van der Waals surface area contributed by atoms with E-state index in [-0.39, 0.29) is 11.3 Å². The third-order valence-corrected chi connectivity index (χ3v) is 5.06. The second kappa shape index (κ2) is 9.94. The highest BCUT2D eigenvalue weighted by Gasteiger charge is 2.18. The van der Waals surface area contributed by atoms with Crippen LogP contribution in [0.3, 0.4) is 0 Å². The molecule has 0 aliphatic rings. The average Bonchev–Trinajstić information content (AvgIpc) is 3.40. The van der Waals surface area contributed by atoms with E-state index in [1.165, 1.54) is 24.5 Å². The molecule has 8 nitrogen and oxygen atoms in total. The SMILES string of the molecule is Cc1cc(/C=C(\C#N)C(=O)OCC(=O)NC(=O)c2ccco2)c(C)n1-c1ccc(Br)cc1. The summed E-state index contributed by atoms with van der Waals surface area (Å²) in [6.45, 7) is 3.06. The number of rotatable bonds is 6. The van der Waals surface area contributed by atoms with Gasteiger partial charge in [-0.15, -0.1) is 0 Å². The van der Waals surface area contributed by atoms with Crippen LogP contribution in [0.4, 0.5) is 0 Å². The zero-order chi connectivity index (χ0) is 23.3. The molecule has 2 amide bonds. The number of imide groups is 1. The van der Waals surface area contributed by atoms with E-state index >= 15 is 0 Å². The van der Waals surface area contributed by atoms with Gasteiger partial charge < -0.3 is 13.7 Å². The quantitative estimate of drug-likeness (QED) is 0.315. The van der Waals surface area contributed by atoms with Gasteiger partial charge in [0.1, 0.15) is 11.6 Å². The summed E-state index contributed by atoms with van der Waals surface area (Å²) in [6.07, 6.45) is 2.70. The lowest BCUT2D eigenvalue weighted by molar-refractivity contribution is -0.144. The summed E-state index contributed by atoms with van der Waals surface area (Å²) >= 11 is 3.41. The van der Waals surface area contributed by atoms with Gasteiger partial charge in [-0.25, -0.2) is 4.79 Å². The Morgan fingerprint density at radius 3 is 2.56 bits per heavy atom. The van der Waals surface area contributed by atoms with Crippen molar-refractivity contribution >= 4 is 39.8 Å². The Balaban J connectivity index is 1.70. The van der Waals surface area contributed by atoms with Gasteiger partial charge in [0.05, 0.1) is 6.26 Å². The molecule has 0 unspecified atom stereocenters. The molecule has 0 aliphatic carbocycles. The molecule has 0 aliphatic heterocycles. The van der Waals surface area contributed by atoms with E-state index in [1.54, 1.807) is 6.07 Å². The summed E-state index contributed by atoms with van der Waals surface area (Å²) in [5.41, 5.74) is 3.06. The van der Waals surface area contributed by atoms with Crippen LogP contribution in [0, 0.1) is 25.2 Å². The lowest BCUT2D eigenvalue weighted by Gasteiger charge is -2.09. The number of furan rings is 1. The Morgan fingerprint density at radius 2 is 1.94 bits per heavy atom. The molecule has 0 bridgehead atoms. The topological polar surface area (TPSA) is 114 Å². The van der Waals surface area contributed by atoms with Gasteiger partial charge in [-0.3, -0.25) is 14.9 Å². The normalized spacial score (nSPS) is 11.0. The molecule has 32 heavy (non-hydrogen) atoms. The predicted octanol–water partition coefficient (Wildman–Crippen LogP) is 3.86. The Hall–Kier alpha value is -3.90. The number of benzene rings is 1. The van der Waals surface area contributed by atoms with Gasteiger partial charge in [0, 0.05) is 21.5 Å². The summed E-state index contributed by atoms with van der Waals surface area (Å²) in [6, 6.07) is 14.3. The smallest absolute Gasteiger partial charge is 0.349 e. The molecule has 1 aromatic carbocycles. The van der Waals surface area contributed by atoms with Gasteiger partial charge in [-0.2, -0.15) is 5.26 Å². The summed E-state index contributed by atoms with van der Waals surface area (Å²) in [4.78, 5) is 35.9. The number of nitriles is 1. The van der Waals surface area contributed by atoms with Crippen molar-refractivity contribution in [3.05, 3.63) is 81.5 Å². The number of carbonyl (C=O) groups excluding carboxylic acids is 3. The molecule has 162 valence electrons. The number of halogens is 1. The van der Waals surface area contributed by atoms with Crippen LogP contribution in [-0.4, -0.2) is 29.0 Å². The Kier molecular flexibility index (Phi) is 7.07. The first kappa shape index (κ1) is 22.8. The fraction of sp³-hybridized carbons (Fsp3) is 0.130. The summed E-state index contributed by atoms with van der Waals surface area (Å²) in [7, 11) is 0. The van der Waals surface area contributed by atoms with Gasteiger partial charge in [0.15, 0.2) is 12.4 Å². The molecule has 0 radical (unpaired) electrons. The number of amides is 2. The first-order valence-corrected chi connectivity index (χ1v) is 10.2. The zero-order valence-corrected chi connectivity index (χ0v) is 18.8. The highest BCUT2D eigenvalue weighted by molar-refractivity contribution is 9.10. The first-order chi connectivity index (χ1) is 15.3. The molecule has 0 saturated carbocycles. The van der Waals surface area contributed by atoms with Crippen LogP contribution in [0.15, 0.2) is 63.2 Å². The molecular formula is C23H18BrN3O5. The highest BCUT2D eigenvalue weighted by atomic mass is 79.9. The molecule has 0 spiro atoms. The third kappa shape index (κ3) is 5.22. The van der Waals surface area contributed by atoms with Crippen molar-refractivity contribution < 1.29 is 23.5 Å². The molecule has 2 heterocycles. The number of nitrogens with zero attached hydrogens (tertiary/aromatic N) is 2. The number of hydrogen-bond acceptors (Lipinski definition) is 6. The Labute approximate surface area is 192 Å².